The van der Waals surface area contributed by atoms with Crippen molar-refractivity contribution in [3.05, 3.63) is 29.3 Å². The highest BCUT2D eigenvalue weighted by Gasteiger charge is 2.14. The van der Waals surface area contributed by atoms with E-state index < -0.39 is 0 Å². The van der Waals surface area contributed by atoms with Crippen LogP contribution in [0.1, 0.15) is 29.9 Å². The standard InChI is InChI=1S/C15H21N5O2/c1-10-13(11(2)22-20-10)8-17-15-16-6-5-14(19-15)18-12-4-3-7-21-9-12/h5-6,12H,3-4,7-9H2,1-2H3,(H2,16,17,18,19)/t12-/m1/s1. The van der Waals surface area contributed by atoms with Gasteiger partial charge in [-0.1, -0.05) is 5.16 Å². The minimum Gasteiger partial charge on any atom is -0.379 e. The van der Waals surface area contributed by atoms with Gasteiger partial charge in [0.05, 0.1) is 18.3 Å². The Morgan fingerprint density at radius 1 is 1.36 bits per heavy atom. The Balaban J connectivity index is 1.61. The van der Waals surface area contributed by atoms with E-state index in [1.807, 2.05) is 19.9 Å². The molecule has 1 fully saturated rings. The van der Waals surface area contributed by atoms with Crippen LogP contribution in [0.25, 0.3) is 0 Å². The monoisotopic (exact) mass is 303 g/mol. The molecule has 0 radical (unpaired) electrons. The van der Waals surface area contributed by atoms with E-state index in [-0.39, 0.29) is 0 Å². The summed E-state index contributed by atoms with van der Waals surface area (Å²) in [5.41, 5.74) is 1.93. The van der Waals surface area contributed by atoms with Crippen molar-refractivity contribution in [2.24, 2.45) is 0 Å². The molecule has 0 bridgehead atoms. The minimum absolute atomic E-state index is 0.319. The fourth-order valence-corrected chi connectivity index (χ4v) is 2.51. The number of nitrogens with zero attached hydrogens (tertiary/aromatic N) is 3. The number of hydrogen-bond donors (Lipinski definition) is 2. The first-order valence-corrected chi connectivity index (χ1v) is 7.55. The lowest BCUT2D eigenvalue weighted by atomic mass is 10.1. The summed E-state index contributed by atoms with van der Waals surface area (Å²) in [6.07, 6.45) is 3.93. The molecule has 2 N–H and O–H groups in total. The molecule has 0 amide bonds. The largest absolute Gasteiger partial charge is 0.379 e. The van der Waals surface area contributed by atoms with Crippen molar-refractivity contribution < 1.29 is 9.26 Å². The predicted molar refractivity (Wildman–Crippen MR) is 82.8 cm³/mol. The second-order valence-corrected chi connectivity index (χ2v) is 5.48. The molecule has 2 aromatic rings. The van der Waals surface area contributed by atoms with Gasteiger partial charge in [0.2, 0.25) is 5.95 Å². The molecule has 0 aromatic carbocycles. The summed E-state index contributed by atoms with van der Waals surface area (Å²) in [5, 5.41) is 10.5. The average Bonchev–Trinajstić information content (AvgIpc) is 2.85. The summed E-state index contributed by atoms with van der Waals surface area (Å²) in [5.74, 6) is 2.21. The maximum Gasteiger partial charge on any atom is 0.224 e. The summed E-state index contributed by atoms with van der Waals surface area (Å²) in [4.78, 5) is 8.73. The van der Waals surface area contributed by atoms with Crippen molar-refractivity contribution in [3.8, 4) is 0 Å². The maximum atomic E-state index is 5.47. The fourth-order valence-electron chi connectivity index (χ4n) is 2.51. The van der Waals surface area contributed by atoms with E-state index in [0.29, 0.717) is 18.5 Å². The highest BCUT2D eigenvalue weighted by molar-refractivity contribution is 5.41. The number of aromatic nitrogens is 3. The first-order valence-electron chi connectivity index (χ1n) is 7.55. The molecule has 0 spiro atoms. The lowest BCUT2D eigenvalue weighted by Crippen LogP contribution is -2.30. The van der Waals surface area contributed by atoms with Crippen LogP contribution in [0.3, 0.4) is 0 Å². The Bertz CT molecular complexity index is 603. The van der Waals surface area contributed by atoms with Crippen molar-refractivity contribution in [3.63, 3.8) is 0 Å². The lowest BCUT2D eigenvalue weighted by molar-refractivity contribution is 0.0875. The Kier molecular flexibility index (Phi) is 4.53. The molecular formula is C15H21N5O2. The molecule has 1 saturated heterocycles. The van der Waals surface area contributed by atoms with Crippen molar-refractivity contribution in [1.82, 2.24) is 15.1 Å². The number of ether oxygens (including phenoxy) is 1. The van der Waals surface area contributed by atoms with Gasteiger partial charge in [-0.05, 0) is 32.8 Å². The van der Waals surface area contributed by atoms with E-state index in [0.717, 1.165) is 48.9 Å². The Morgan fingerprint density at radius 3 is 3.00 bits per heavy atom. The molecule has 1 aliphatic rings. The van der Waals surface area contributed by atoms with E-state index in [1.54, 1.807) is 6.20 Å². The number of hydrogen-bond acceptors (Lipinski definition) is 7. The normalized spacial score (nSPS) is 18.2. The van der Waals surface area contributed by atoms with Gasteiger partial charge in [-0.3, -0.25) is 0 Å². The van der Waals surface area contributed by atoms with Crippen molar-refractivity contribution in [1.29, 1.82) is 0 Å². The van der Waals surface area contributed by atoms with Gasteiger partial charge in [0.1, 0.15) is 11.6 Å². The molecular weight excluding hydrogens is 282 g/mol. The third-order valence-corrected chi connectivity index (χ3v) is 3.77. The molecule has 2 aromatic heterocycles. The summed E-state index contributed by atoms with van der Waals surface area (Å²) in [7, 11) is 0. The van der Waals surface area contributed by atoms with Crippen LogP contribution in [0, 0.1) is 13.8 Å². The number of anilines is 2. The van der Waals surface area contributed by atoms with E-state index in [9.17, 15) is 0 Å². The SMILES string of the molecule is Cc1noc(C)c1CNc1nccc(N[C@@H]2CCCOC2)n1. The van der Waals surface area contributed by atoms with Gasteiger partial charge in [0.25, 0.3) is 0 Å². The molecule has 3 rings (SSSR count). The second kappa shape index (κ2) is 6.74. The van der Waals surface area contributed by atoms with Crippen LogP contribution in [0.2, 0.25) is 0 Å². The lowest BCUT2D eigenvalue weighted by Gasteiger charge is -2.23. The van der Waals surface area contributed by atoms with Crippen LogP contribution in [0.15, 0.2) is 16.8 Å². The van der Waals surface area contributed by atoms with Crippen LogP contribution >= 0.6 is 0 Å². The third kappa shape index (κ3) is 3.54. The van der Waals surface area contributed by atoms with Gasteiger partial charge in [0.15, 0.2) is 0 Å². The van der Waals surface area contributed by atoms with Crippen LogP contribution in [0.4, 0.5) is 11.8 Å². The van der Waals surface area contributed by atoms with Crippen LogP contribution < -0.4 is 10.6 Å². The van der Waals surface area contributed by atoms with Gasteiger partial charge < -0.3 is 19.9 Å². The summed E-state index contributed by atoms with van der Waals surface area (Å²) in [6.45, 7) is 6.00. The second-order valence-electron chi connectivity index (χ2n) is 5.48. The van der Waals surface area contributed by atoms with E-state index in [1.165, 1.54) is 0 Å². The first kappa shape index (κ1) is 14.8. The van der Waals surface area contributed by atoms with Crippen molar-refractivity contribution in [2.45, 2.75) is 39.3 Å². The topological polar surface area (TPSA) is 85.1 Å². The molecule has 22 heavy (non-hydrogen) atoms. The average molecular weight is 303 g/mol. The highest BCUT2D eigenvalue weighted by Crippen LogP contribution is 2.16. The molecule has 1 atom stereocenters. The predicted octanol–water partition coefficient (Wildman–Crippen LogP) is 2.28. The van der Waals surface area contributed by atoms with Crippen LogP contribution in [0.5, 0.6) is 0 Å². The highest BCUT2D eigenvalue weighted by atomic mass is 16.5. The zero-order valence-electron chi connectivity index (χ0n) is 12.9. The van der Waals surface area contributed by atoms with Gasteiger partial charge in [0, 0.05) is 24.9 Å². The molecule has 7 heteroatoms. The third-order valence-electron chi connectivity index (χ3n) is 3.77. The van der Waals surface area contributed by atoms with E-state index in [2.05, 4.69) is 25.8 Å². The van der Waals surface area contributed by atoms with E-state index >= 15 is 0 Å². The quantitative estimate of drug-likeness (QED) is 0.876. The fraction of sp³-hybridized carbons (Fsp3) is 0.533. The Morgan fingerprint density at radius 2 is 2.27 bits per heavy atom. The zero-order valence-corrected chi connectivity index (χ0v) is 12.9. The first-order chi connectivity index (χ1) is 10.7. The molecule has 0 saturated carbocycles. The summed E-state index contributed by atoms with van der Waals surface area (Å²) in [6, 6.07) is 2.19. The molecule has 3 heterocycles. The van der Waals surface area contributed by atoms with Gasteiger partial charge in [-0.25, -0.2) is 4.98 Å². The molecule has 0 aliphatic carbocycles. The van der Waals surface area contributed by atoms with E-state index in [4.69, 9.17) is 9.26 Å². The van der Waals surface area contributed by atoms with Gasteiger partial charge in [-0.15, -0.1) is 0 Å². The molecule has 0 unspecified atom stereocenters. The number of nitrogens with one attached hydrogen (secondary N) is 2. The zero-order chi connectivity index (χ0) is 15.4. The minimum atomic E-state index is 0.319. The molecule has 7 nitrogen and oxygen atoms in total. The van der Waals surface area contributed by atoms with Gasteiger partial charge in [-0.2, -0.15) is 4.98 Å². The molecule has 1 aliphatic heterocycles. The van der Waals surface area contributed by atoms with Crippen LogP contribution in [-0.2, 0) is 11.3 Å². The Labute approximate surface area is 129 Å². The summed E-state index contributed by atoms with van der Waals surface area (Å²) >= 11 is 0. The number of aryl methyl sites for hydroxylation is 2. The molecule has 118 valence electrons. The smallest absolute Gasteiger partial charge is 0.224 e. The van der Waals surface area contributed by atoms with Crippen molar-refractivity contribution in [2.75, 3.05) is 23.8 Å². The van der Waals surface area contributed by atoms with Crippen molar-refractivity contribution >= 4 is 11.8 Å². The summed E-state index contributed by atoms with van der Waals surface area (Å²) < 4.78 is 10.6. The maximum absolute atomic E-state index is 5.47. The Hall–Kier alpha value is -2.15. The van der Waals surface area contributed by atoms with Crippen LogP contribution in [-0.4, -0.2) is 34.4 Å². The number of rotatable bonds is 5. The van der Waals surface area contributed by atoms with Gasteiger partial charge >= 0.3 is 0 Å².